The molecule has 0 aliphatic carbocycles. The Labute approximate surface area is 116 Å². The summed E-state index contributed by atoms with van der Waals surface area (Å²) in [5.41, 5.74) is -0.377. The molecule has 0 aromatic heterocycles. The molecule has 0 aromatic rings. The van der Waals surface area contributed by atoms with Crippen LogP contribution in [0.25, 0.3) is 0 Å². The van der Waals surface area contributed by atoms with E-state index in [2.05, 4.69) is 5.32 Å². The Morgan fingerprint density at radius 1 is 0.947 bits per heavy atom. The van der Waals surface area contributed by atoms with E-state index in [1.54, 1.807) is 7.11 Å². The van der Waals surface area contributed by atoms with Crippen LogP contribution in [0.3, 0.4) is 0 Å². The number of nitrogens with one attached hydrogen (secondary N) is 1. The number of rotatable bonds is 14. The van der Waals surface area contributed by atoms with Gasteiger partial charge in [-0.3, -0.25) is 0 Å². The van der Waals surface area contributed by atoms with E-state index in [-0.39, 0.29) is 12.1 Å². The zero-order valence-corrected chi connectivity index (χ0v) is 12.4. The van der Waals surface area contributed by atoms with Crippen molar-refractivity contribution in [1.82, 2.24) is 5.32 Å². The molecule has 0 rings (SSSR count). The second kappa shape index (κ2) is 12.8. The maximum absolute atomic E-state index is 9.26. The molecule has 2 N–H and O–H groups in total. The molecule has 0 heterocycles. The molecule has 0 fully saturated rings. The summed E-state index contributed by atoms with van der Waals surface area (Å²) < 4.78 is 20.9. The lowest BCUT2D eigenvalue weighted by atomic mass is 10.1. The molecule has 0 aliphatic heterocycles. The van der Waals surface area contributed by atoms with Crippen LogP contribution in [-0.4, -0.2) is 77.2 Å². The molecule has 0 radical (unpaired) electrons. The standard InChI is InChI=1S/C13H29NO5/c1-4-14-13(2,11-15)12-19-10-9-18-8-7-17-6-5-16-3/h14-15H,4-12H2,1-3H3. The largest absolute Gasteiger partial charge is 0.394 e. The van der Waals surface area contributed by atoms with Crippen LogP contribution in [0, 0.1) is 0 Å². The number of methoxy groups -OCH3 is 1. The van der Waals surface area contributed by atoms with Gasteiger partial charge >= 0.3 is 0 Å². The average Bonchev–Trinajstić information content (AvgIpc) is 2.41. The van der Waals surface area contributed by atoms with E-state index < -0.39 is 0 Å². The molecule has 19 heavy (non-hydrogen) atoms. The summed E-state index contributed by atoms with van der Waals surface area (Å²) >= 11 is 0. The van der Waals surface area contributed by atoms with Crippen LogP contribution < -0.4 is 5.32 Å². The highest BCUT2D eigenvalue weighted by atomic mass is 16.6. The molecule has 0 aromatic carbocycles. The van der Waals surface area contributed by atoms with Crippen molar-refractivity contribution in [2.45, 2.75) is 19.4 Å². The van der Waals surface area contributed by atoms with Crippen LogP contribution in [0.2, 0.25) is 0 Å². The quantitative estimate of drug-likeness (QED) is 0.438. The van der Waals surface area contributed by atoms with Gasteiger partial charge in [-0.2, -0.15) is 0 Å². The average molecular weight is 279 g/mol. The van der Waals surface area contributed by atoms with Crippen molar-refractivity contribution in [3.05, 3.63) is 0 Å². The monoisotopic (exact) mass is 279 g/mol. The van der Waals surface area contributed by atoms with Crippen molar-refractivity contribution < 1.29 is 24.1 Å². The van der Waals surface area contributed by atoms with Gasteiger partial charge in [-0.05, 0) is 13.5 Å². The Hall–Kier alpha value is -0.240. The van der Waals surface area contributed by atoms with E-state index in [4.69, 9.17) is 18.9 Å². The third kappa shape index (κ3) is 11.3. The van der Waals surface area contributed by atoms with E-state index in [1.807, 2.05) is 13.8 Å². The SMILES string of the molecule is CCNC(C)(CO)COCCOCCOCCOC. The van der Waals surface area contributed by atoms with Crippen molar-refractivity contribution >= 4 is 0 Å². The van der Waals surface area contributed by atoms with Gasteiger partial charge in [0.1, 0.15) is 0 Å². The molecule has 116 valence electrons. The Kier molecular flexibility index (Phi) is 12.6. The van der Waals surface area contributed by atoms with Gasteiger partial charge in [-0.1, -0.05) is 6.92 Å². The van der Waals surface area contributed by atoms with E-state index in [0.717, 1.165) is 6.54 Å². The second-order valence-electron chi connectivity index (χ2n) is 4.52. The second-order valence-corrected chi connectivity index (χ2v) is 4.52. The Bertz CT molecular complexity index is 194. The van der Waals surface area contributed by atoms with Gasteiger partial charge in [0.25, 0.3) is 0 Å². The minimum absolute atomic E-state index is 0.0506. The number of ether oxygens (including phenoxy) is 4. The first-order chi connectivity index (χ1) is 9.18. The molecule has 0 spiro atoms. The molecular formula is C13H29NO5. The van der Waals surface area contributed by atoms with E-state index in [9.17, 15) is 5.11 Å². The van der Waals surface area contributed by atoms with Gasteiger partial charge in [0.05, 0.1) is 58.4 Å². The van der Waals surface area contributed by atoms with Crippen molar-refractivity contribution in [3.8, 4) is 0 Å². The Balaban J connectivity index is 3.30. The van der Waals surface area contributed by atoms with E-state index in [0.29, 0.717) is 46.2 Å². The predicted octanol–water partition coefficient (Wildman–Crippen LogP) is 0.0431. The molecule has 0 saturated heterocycles. The normalized spacial score (nSPS) is 14.5. The van der Waals surface area contributed by atoms with Gasteiger partial charge in [0.15, 0.2) is 0 Å². The number of hydrogen-bond donors (Lipinski definition) is 2. The van der Waals surface area contributed by atoms with Gasteiger partial charge in [0.2, 0.25) is 0 Å². The van der Waals surface area contributed by atoms with Gasteiger partial charge in [0, 0.05) is 7.11 Å². The highest BCUT2D eigenvalue weighted by Crippen LogP contribution is 2.02. The van der Waals surface area contributed by atoms with Crippen molar-refractivity contribution in [2.75, 3.05) is 66.5 Å². The summed E-state index contributed by atoms with van der Waals surface area (Å²) in [5.74, 6) is 0. The third-order valence-electron chi connectivity index (χ3n) is 2.55. The highest BCUT2D eigenvalue weighted by molar-refractivity contribution is 4.81. The summed E-state index contributed by atoms with van der Waals surface area (Å²) in [4.78, 5) is 0. The number of aliphatic hydroxyl groups excluding tert-OH is 1. The Morgan fingerprint density at radius 2 is 1.47 bits per heavy atom. The minimum atomic E-state index is -0.377. The first-order valence-corrected chi connectivity index (χ1v) is 6.76. The molecule has 1 atom stereocenters. The lowest BCUT2D eigenvalue weighted by molar-refractivity contribution is -0.0116. The first-order valence-electron chi connectivity index (χ1n) is 6.76. The van der Waals surface area contributed by atoms with E-state index >= 15 is 0 Å². The molecule has 6 nitrogen and oxygen atoms in total. The lowest BCUT2D eigenvalue weighted by Gasteiger charge is -2.27. The third-order valence-corrected chi connectivity index (χ3v) is 2.55. The van der Waals surface area contributed by atoms with Gasteiger partial charge in [-0.15, -0.1) is 0 Å². The maximum atomic E-state index is 9.26. The Morgan fingerprint density at radius 3 is 1.95 bits per heavy atom. The lowest BCUT2D eigenvalue weighted by Crippen LogP contribution is -2.49. The predicted molar refractivity (Wildman–Crippen MR) is 73.5 cm³/mol. The molecule has 1 unspecified atom stereocenters. The van der Waals surface area contributed by atoms with Crippen LogP contribution in [0.4, 0.5) is 0 Å². The van der Waals surface area contributed by atoms with Crippen molar-refractivity contribution in [1.29, 1.82) is 0 Å². The molecule has 6 heteroatoms. The number of hydrogen-bond acceptors (Lipinski definition) is 6. The number of likely N-dealkylation sites (N-methyl/N-ethyl adjacent to an activating group) is 1. The fraction of sp³-hybridized carbons (Fsp3) is 1.00. The van der Waals surface area contributed by atoms with Crippen molar-refractivity contribution in [2.24, 2.45) is 0 Å². The molecular weight excluding hydrogens is 250 g/mol. The summed E-state index contributed by atoms with van der Waals surface area (Å²) in [7, 11) is 1.64. The maximum Gasteiger partial charge on any atom is 0.0701 e. The zero-order chi connectivity index (χ0) is 14.4. The molecule has 0 amide bonds. The molecule has 0 aliphatic rings. The summed E-state index contributed by atoms with van der Waals surface area (Å²) in [6.07, 6.45) is 0. The summed E-state index contributed by atoms with van der Waals surface area (Å²) in [5, 5.41) is 12.5. The van der Waals surface area contributed by atoms with Gasteiger partial charge in [-0.25, -0.2) is 0 Å². The topological polar surface area (TPSA) is 69.2 Å². The van der Waals surface area contributed by atoms with Crippen LogP contribution in [0.5, 0.6) is 0 Å². The van der Waals surface area contributed by atoms with E-state index in [1.165, 1.54) is 0 Å². The van der Waals surface area contributed by atoms with Gasteiger partial charge < -0.3 is 29.4 Å². The van der Waals surface area contributed by atoms with Crippen molar-refractivity contribution in [3.63, 3.8) is 0 Å². The number of aliphatic hydroxyl groups is 1. The fourth-order valence-electron chi connectivity index (χ4n) is 1.46. The molecule has 0 saturated carbocycles. The van der Waals surface area contributed by atoms with Crippen LogP contribution >= 0.6 is 0 Å². The zero-order valence-electron chi connectivity index (χ0n) is 12.4. The first kappa shape index (κ1) is 18.8. The van der Waals surface area contributed by atoms with Crippen LogP contribution in [0.15, 0.2) is 0 Å². The molecule has 0 bridgehead atoms. The summed E-state index contributed by atoms with van der Waals surface area (Å²) in [6, 6.07) is 0. The summed E-state index contributed by atoms with van der Waals surface area (Å²) in [6.45, 7) is 8.60. The smallest absolute Gasteiger partial charge is 0.0701 e. The van der Waals surface area contributed by atoms with Crippen LogP contribution in [-0.2, 0) is 18.9 Å². The van der Waals surface area contributed by atoms with Crippen LogP contribution in [0.1, 0.15) is 13.8 Å². The fourth-order valence-corrected chi connectivity index (χ4v) is 1.46. The minimum Gasteiger partial charge on any atom is -0.394 e. The highest BCUT2D eigenvalue weighted by Gasteiger charge is 2.21.